The van der Waals surface area contributed by atoms with Gasteiger partial charge in [0.05, 0.1) is 0 Å². The van der Waals surface area contributed by atoms with E-state index in [0.29, 0.717) is 5.92 Å². The number of carboxylic acids is 1. The monoisotopic (exact) mass is 259 g/mol. The second-order valence-electron chi connectivity index (χ2n) is 6.03. The summed E-state index contributed by atoms with van der Waals surface area (Å²) in [4.78, 5) is 11.4. The lowest BCUT2D eigenvalue weighted by molar-refractivity contribution is -0.139. The minimum absolute atomic E-state index is 0.569. The van der Waals surface area contributed by atoms with Crippen LogP contribution >= 0.6 is 0 Å². The first-order chi connectivity index (χ1) is 9.24. The Labute approximate surface area is 114 Å². The van der Waals surface area contributed by atoms with Crippen LogP contribution in [0.3, 0.4) is 0 Å². The highest BCUT2D eigenvalue weighted by molar-refractivity contribution is 5.75. The maximum atomic E-state index is 11.4. The van der Waals surface area contributed by atoms with Crippen molar-refractivity contribution in [2.45, 2.75) is 31.7 Å². The van der Waals surface area contributed by atoms with Gasteiger partial charge in [-0.05, 0) is 49.1 Å². The van der Waals surface area contributed by atoms with Gasteiger partial charge in [0.15, 0.2) is 0 Å². The Kier molecular flexibility index (Phi) is 3.56. The summed E-state index contributed by atoms with van der Waals surface area (Å²) in [6.07, 6.45) is 5.40. The molecule has 2 aliphatic rings. The molecule has 0 saturated heterocycles. The molecule has 0 aromatic heterocycles. The molecule has 0 radical (unpaired) electrons. The minimum atomic E-state index is -0.783. The normalized spacial score (nSPS) is 30.4. The number of carbonyl (C=O) groups is 1. The summed E-state index contributed by atoms with van der Waals surface area (Å²) < 4.78 is 0. The zero-order valence-corrected chi connectivity index (χ0v) is 11.1. The van der Waals surface area contributed by atoms with Crippen molar-refractivity contribution < 1.29 is 9.90 Å². The number of carboxylic acid groups (broad SMARTS) is 1. The molecule has 3 nitrogen and oxygen atoms in total. The van der Waals surface area contributed by atoms with E-state index in [0.717, 1.165) is 23.9 Å². The van der Waals surface area contributed by atoms with Crippen molar-refractivity contribution in [1.29, 1.82) is 0 Å². The van der Waals surface area contributed by atoms with E-state index < -0.39 is 12.0 Å². The Bertz CT molecular complexity index is 445. The van der Waals surface area contributed by atoms with E-state index in [1.165, 1.54) is 25.7 Å². The van der Waals surface area contributed by atoms with Crippen LogP contribution in [0.4, 0.5) is 0 Å². The number of benzene rings is 1. The Morgan fingerprint density at radius 1 is 1.26 bits per heavy atom. The average Bonchev–Trinajstić information content (AvgIpc) is 3.02. The predicted octanol–water partition coefficient (Wildman–Crippen LogP) is 2.84. The summed E-state index contributed by atoms with van der Waals surface area (Å²) in [6.45, 7) is 0.840. The molecule has 3 unspecified atom stereocenters. The number of hydrogen-bond donors (Lipinski definition) is 2. The van der Waals surface area contributed by atoms with E-state index in [1.807, 2.05) is 30.3 Å². The SMILES string of the molecule is O=C(O)[C@@H](NCC1CC2CCC1C2)c1ccccc1. The highest BCUT2D eigenvalue weighted by Gasteiger charge is 2.39. The predicted molar refractivity (Wildman–Crippen MR) is 73.8 cm³/mol. The molecule has 2 bridgehead atoms. The molecule has 1 aromatic rings. The molecule has 0 spiro atoms. The van der Waals surface area contributed by atoms with E-state index in [9.17, 15) is 9.90 Å². The van der Waals surface area contributed by atoms with Crippen LogP contribution < -0.4 is 5.32 Å². The molecule has 3 heteroatoms. The molecule has 0 amide bonds. The summed E-state index contributed by atoms with van der Waals surface area (Å²) in [5.41, 5.74) is 0.846. The van der Waals surface area contributed by atoms with Crippen molar-refractivity contribution in [2.24, 2.45) is 17.8 Å². The van der Waals surface area contributed by atoms with Crippen molar-refractivity contribution in [3.8, 4) is 0 Å². The summed E-state index contributed by atoms with van der Waals surface area (Å²) in [5.74, 6) is 1.65. The summed E-state index contributed by atoms with van der Waals surface area (Å²) in [5, 5.41) is 12.6. The highest BCUT2D eigenvalue weighted by atomic mass is 16.4. The number of aliphatic carboxylic acids is 1. The maximum absolute atomic E-state index is 11.4. The van der Waals surface area contributed by atoms with Gasteiger partial charge in [-0.2, -0.15) is 0 Å². The fraction of sp³-hybridized carbons (Fsp3) is 0.562. The number of fused-ring (bicyclic) bond motifs is 2. The van der Waals surface area contributed by atoms with Crippen molar-refractivity contribution in [3.63, 3.8) is 0 Å². The van der Waals surface area contributed by atoms with Crippen LogP contribution in [0.25, 0.3) is 0 Å². The highest BCUT2D eigenvalue weighted by Crippen LogP contribution is 2.48. The van der Waals surface area contributed by atoms with Gasteiger partial charge < -0.3 is 10.4 Å². The molecule has 4 atom stereocenters. The van der Waals surface area contributed by atoms with Crippen molar-refractivity contribution in [1.82, 2.24) is 5.32 Å². The molecular weight excluding hydrogens is 238 g/mol. The average molecular weight is 259 g/mol. The van der Waals surface area contributed by atoms with E-state index in [4.69, 9.17) is 0 Å². The van der Waals surface area contributed by atoms with Crippen molar-refractivity contribution in [2.75, 3.05) is 6.54 Å². The first-order valence-corrected chi connectivity index (χ1v) is 7.25. The van der Waals surface area contributed by atoms with Crippen LogP contribution in [0.15, 0.2) is 30.3 Å². The Morgan fingerprint density at radius 3 is 2.63 bits per heavy atom. The van der Waals surface area contributed by atoms with Gasteiger partial charge in [0.25, 0.3) is 0 Å². The second-order valence-corrected chi connectivity index (χ2v) is 6.03. The molecule has 2 aliphatic carbocycles. The Hall–Kier alpha value is -1.35. The van der Waals surface area contributed by atoms with Crippen LogP contribution in [-0.2, 0) is 4.79 Å². The fourth-order valence-electron chi connectivity index (χ4n) is 3.89. The zero-order valence-electron chi connectivity index (χ0n) is 11.1. The lowest BCUT2D eigenvalue weighted by Crippen LogP contribution is -2.34. The molecule has 2 N–H and O–H groups in total. The molecule has 2 saturated carbocycles. The Balaban J connectivity index is 1.61. The third-order valence-electron chi connectivity index (χ3n) is 4.85. The Morgan fingerprint density at radius 2 is 2.05 bits per heavy atom. The van der Waals surface area contributed by atoms with Crippen LogP contribution in [0, 0.1) is 17.8 Å². The standard InChI is InChI=1S/C16H21NO2/c18-16(19)15(12-4-2-1-3-5-12)17-10-14-9-11-6-7-13(14)8-11/h1-5,11,13-15,17H,6-10H2,(H,18,19)/t11?,13?,14?,15-/m0/s1. The van der Waals surface area contributed by atoms with Crippen molar-refractivity contribution >= 4 is 5.97 Å². The van der Waals surface area contributed by atoms with E-state index in [2.05, 4.69) is 5.32 Å². The molecule has 3 rings (SSSR count). The second kappa shape index (κ2) is 5.33. The first kappa shape index (κ1) is 12.7. The lowest BCUT2D eigenvalue weighted by atomic mass is 9.88. The van der Waals surface area contributed by atoms with E-state index in [-0.39, 0.29) is 0 Å². The number of nitrogens with one attached hydrogen (secondary N) is 1. The molecule has 102 valence electrons. The molecule has 0 heterocycles. The molecule has 1 aromatic carbocycles. The maximum Gasteiger partial charge on any atom is 0.325 e. The van der Waals surface area contributed by atoms with E-state index >= 15 is 0 Å². The van der Waals surface area contributed by atoms with Crippen molar-refractivity contribution in [3.05, 3.63) is 35.9 Å². The van der Waals surface area contributed by atoms with Gasteiger partial charge in [-0.3, -0.25) is 4.79 Å². The van der Waals surface area contributed by atoms with Gasteiger partial charge in [-0.15, -0.1) is 0 Å². The topological polar surface area (TPSA) is 49.3 Å². The zero-order chi connectivity index (χ0) is 13.2. The fourth-order valence-corrected chi connectivity index (χ4v) is 3.89. The molecule has 0 aliphatic heterocycles. The number of hydrogen-bond acceptors (Lipinski definition) is 2. The van der Waals surface area contributed by atoms with Gasteiger partial charge >= 0.3 is 5.97 Å². The van der Waals surface area contributed by atoms with Crippen LogP contribution in [0.2, 0.25) is 0 Å². The minimum Gasteiger partial charge on any atom is -0.480 e. The largest absolute Gasteiger partial charge is 0.480 e. The molecular formula is C16H21NO2. The van der Waals surface area contributed by atoms with Gasteiger partial charge in [-0.25, -0.2) is 0 Å². The summed E-state index contributed by atoms with van der Waals surface area (Å²) in [7, 11) is 0. The third kappa shape index (κ3) is 2.66. The summed E-state index contributed by atoms with van der Waals surface area (Å²) >= 11 is 0. The van der Waals surface area contributed by atoms with Crippen LogP contribution in [0.5, 0.6) is 0 Å². The van der Waals surface area contributed by atoms with Crippen LogP contribution in [0.1, 0.15) is 37.3 Å². The van der Waals surface area contributed by atoms with E-state index in [1.54, 1.807) is 0 Å². The summed E-state index contributed by atoms with van der Waals surface area (Å²) in [6, 6.07) is 8.90. The molecule has 2 fully saturated rings. The van der Waals surface area contributed by atoms with Crippen LogP contribution in [-0.4, -0.2) is 17.6 Å². The smallest absolute Gasteiger partial charge is 0.325 e. The quantitative estimate of drug-likeness (QED) is 0.855. The molecule has 19 heavy (non-hydrogen) atoms. The van der Waals surface area contributed by atoms with Gasteiger partial charge in [0, 0.05) is 0 Å². The van der Waals surface area contributed by atoms with Gasteiger partial charge in [-0.1, -0.05) is 36.8 Å². The first-order valence-electron chi connectivity index (χ1n) is 7.25. The van der Waals surface area contributed by atoms with Gasteiger partial charge in [0.1, 0.15) is 6.04 Å². The lowest BCUT2D eigenvalue weighted by Gasteiger charge is -2.24. The number of rotatable bonds is 5. The third-order valence-corrected chi connectivity index (χ3v) is 4.85. The van der Waals surface area contributed by atoms with Gasteiger partial charge in [0.2, 0.25) is 0 Å².